The summed E-state index contributed by atoms with van der Waals surface area (Å²) in [5.41, 5.74) is 0.985. The number of sulfonamides is 1. The summed E-state index contributed by atoms with van der Waals surface area (Å²) in [7, 11) is -3.71. The predicted molar refractivity (Wildman–Crippen MR) is 106 cm³/mol. The molecule has 0 bridgehead atoms. The highest BCUT2D eigenvalue weighted by atomic mass is 32.2. The summed E-state index contributed by atoms with van der Waals surface area (Å²) in [6.07, 6.45) is 3.27. The van der Waals surface area contributed by atoms with Crippen molar-refractivity contribution in [2.75, 3.05) is 6.54 Å². The van der Waals surface area contributed by atoms with E-state index in [0.717, 1.165) is 18.4 Å². The molecule has 1 atom stereocenters. The maximum atomic E-state index is 13.0. The standard InChI is InChI=1S/C18H23N5O3S2/c1-12-4-8-14(9-5-12)28(25,26)22-10-2-3-15(22)17(24)19-11-16-20-21-18(27)23(16)13-6-7-13/h4-5,8-9,13,15H,2-3,6-7,10-11H2,1H3,(H,19,24)(H,21,27)/t15-/m0/s1. The van der Waals surface area contributed by atoms with E-state index >= 15 is 0 Å². The molecule has 1 amide bonds. The minimum atomic E-state index is -3.71. The van der Waals surface area contributed by atoms with E-state index in [0.29, 0.717) is 36.0 Å². The van der Waals surface area contributed by atoms with Crippen molar-refractivity contribution in [2.45, 2.75) is 56.1 Å². The predicted octanol–water partition coefficient (Wildman–Crippen LogP) is 2.05. The van der Waals surface area contributed by atoms with Crippen LogP contribution in [0.1, 0.15) is 43.1 Å². The first kappa shape index (κ1) is 19.3. The van der Waals surface area contributed by atoms with Crippen molar-refractivity contribution < 1.29 is 13.2 Å². The number of hydrogen-bond acceptors (Lipinski definition) is 5. The third kappa shape index (κ3) is 3.63. The summed E-state index contributed by atoms with van der Waals surface area (Å²) in [6.45, 7) is 2.46. The lowest BCUT2D eigenvalue weighted by Crippen LogP contribution is -2.45. The van der Waals surface area contributed by atoms with Crippen LogP contribution in [0.15, 0.2) is 29.2 Å². The lowest BCUT2D eigenvalue weighted by Gasteiger charge is -2.23. The van der Waals surface area contributed by atoms with Crippen LogP contribution in [0.5, 0.6) is 0 Å². The molecule has 1 aromatic carbocycles. The Balaban J connectivity index is 1.48. The van der Waals surface area contributed by atoms with Crippen LogP contribution in [0.2, 0.25) is 0 Å². The summed E-state index contributed by atoms with van der Waals surface area (Å²) < 4.78 is 29.8. The molecule has 28 heavy (non-hydrogen) atoms. The van der Waals surface area contributed by atoms with Crippen LogP contribution in [0.3, 0.4) is 0 Å². The molecule has 0 unspecified atom stereocenters. The number of amides is 1. The molecule has 1 aliphatic heterocycles. The topological polar surface area (TPSA) is 100 Å². The maximum absolute atomic E-state index is 13.0. The lowest BCUT2D eigenvalue weighted by atomic mass is 10.2. The monoisotopic (exact) mass is 421 g/mol. The second-order valence-electron chi connectivity index (χ2n) is 7.35. The van der Waals surface area contributed by atoms with Crippen molar-refractivity contribution in [3.8, 4) is 0 Å². The van der Waals surface area contributed by atoms with Gasteiger partial charge in [-0.05, 0) is 57.0 Å². The molecule has 1 saturated carbocycles. The Hall–Kier alpha value is -2.04. The second-order valence-corrected chi connectivity index (χ2v) is 9.63. The van der Waals surface area contributed by atoms with Crippen molar-refractivity contribution in [1.82, 2.24) is 24.4 Å². The zero-order chi connectivity index (χ0) is 19.9. The first-order valence-corrected chi connectivity index (χ1v) is 11.2. The SMILES string of the molecule is Cc1ccc(S(=O)(=O)N2CCC[C@H]2C(=O)NCc2n[nH]c(=S)n2C2CC2)cc1. The number of aromatic nitrogens is 3. The van der Waals surface area contributed by atoms with Gasteiger partial charge in [0, 0.05) is 12.6 Å². The quantitative estimate of drug-likeness (QED) is 0.696. The van der Waals surface area contributed by atoms with Crippen LogP contribution in [-0.2, 0) is 21.4 Å². The fraction of sp³-hybridized carbons (Fsp3) is 0.500. The van der Waals surface area contributed by atoms with Crippen LogP contribution in [-0.4, -0.2) is 46.0 Å². The maximum Gasteiger partial charge on any atom is 0.243 e. The first-order chi connectivity index (χ1) is 13.4. The number of nitrogens with one attached hydrogen (secondary N) is 2. The van der Waals surface area contributed by atoms with Gasteiger partial charge in [0.2, 0.25) is 15.9 Å². The van der Waals surface area contributed by atoms with E-state index < -0.39 is 16.1 Å². The minimum absolute atomic E-state index is 0.215. The van der Waals surface area contributed by atoms with Crippen molar-refractivity contribution in [2.24, 2.45) is 0 Å². The number of rotatable bonds is 6. The highest BCUT2D eigenvalue weighted by Crippen LogP contribution is 2.35. The fourth-order valence-electron chi connectivity index (χ4n) is 3.59. The molecule has 150 valence electrons. The zero-order valence-corrected chi connectivity index (χ0v) is 17.2. The Labute approximate surface area is 169 Å². The van der Waals surface area contributed by atoms with E-state index in [-0.39, 0.29) is 17.3 Å². The van der Waals surface area contributed by atoms with E-state index in [1.54, 1.807) is 24.3 Å². The zero-order valence-electron chi connectivity index (χ0n) is 15.6. The Morgan fingerprint density at radius 2 is 2.00 bits per heavy atom. The van der Waals surface area contributed by atoms with Gasteiger partial charge in [0.15, 0.2) is 10.6 Å². The number of aromatic amines is 1. The van der Waals surface area contributed by atoms with Crippen molar-refractivity contribution in [3.05, 3.63) is 40.4 Å². The van der Waals surface area contributed by atoms with Crippen molar-refractivity contribution >= 4 is 28.1 Å². The van der Waals surface area contributed by atoms with E-state index in [2.05, 4.69) is 15.5 Å². The first-order valence-electron chi connectivity index (χ1n) is 9.40. The molecule has 4 rings (SSSR count). The molecule has 2 heterocycles. The highest BCUT2D eigenvalue weighted by molar-refractivity contribution is 7.89. The summed E-state index contributed by atoms with van der Waals surface area (Å²) in [5.74, 6) is 0.372. The molecule has 0 spiro atoms. The molecule has 1 saturated heterocycles. The summed E-state index contributed by atoms with van der Waals surface area (Å²) in [5, 5.41) is 9.81. The number of H-pyrrole nitrogens is 1. The second kappa shape index (κ2) is 7.41. The number of benzene rings is 1. The Morgan fingerprint density at radius 3 is 2.68 bits per heavy atom. The largest absolute Gasteiger partial charge is 0.347 e. The normalized spacial score (nSPS) is 20.4. The molecular weight excluding hydrogens is 398 g/mol. The van der Waals surface area contributed by atoms with Gasteiger partial charge in [-0.2, -0.15) is 9.40 Å². The van der Waals surface area contributed by atoms with E-state index in [4.69, 9.17) is 12.2 Å². The summed E-state index contributed by atoms with van der Waals surface area (Å²) in [6, 6.07) is 6.35. The average molecular weight is 422 g/mol. The third-order valence-corrected chi connectivity index (χ3v) is 7.45. The summed E-state index contributed by atoms with van der Waals surface area (Å²) in [4.78, 5) is 13.0. The Morgan fingerprint density at radius 1 is 1.29 bits per heavy atom. The van der Waals surface area contributed by atoms with Crippen LogP contribution < -0.4 is 5.32 Å². The van der Waals surface area contributed by atoms with E-state index in [1.165, 1.54) is 4.31 Å². The highest BCUT2D eigenvalue weighted by Gasteiger charge is 2.39. The van der Waals surface area contributed by atoms with Crippen LogP contribution in [0, 0.1) is 11.7 Å². The van der Waals surface area contributed by atoms with Crippen LogP contribution in [0.4, 0.5) is 0 Å². The molecular formula is C18H23N5O3S2. The van der Waals surface area contributed by atoms with E-state index in [9.17, 15) is 13.2 Å². The molecule has 10 heteroatoms. The average Bonchev–Trinajstić information content (AvgIpc) is 3.24. The van der Waals surface area contributed by atoms with Crippen molar-refractivity contribution in [1.29, 1.82) is 0 Å². The molecule has 2 N–H and O–H groups in total. The van der Waals surface area contributed by atoms with Gasteiger partial charge in [0.05, 0.1) is 11.4 Å². The van der Waals surface area contributed by atoms with Gasteiger partial charge in [0.25, 0.3) is 0 Å². The molecule has 2 aliphatic rings. The third-order valence-electron chi connectivity index (χ3n) is 5.24. The fourth-order valence-corrected chi connectivity index (χ4v) is 5.55. The van der Waals surface area contributed by atoms with Gasteiger partial charge in [-0.3, -0.25) is 14.5 Å². The van der Waals surface area contributed by atoms with Gasteiger partial charge in [-0.1, -0.05) is 17.7 Å². The molecule has 2 aromatic rings. The van der Waals surface area contributed by atoms with Crippen LogP contribution >= 0.6 is 12.2 Å². The lowest BCUT2D eigenvalue weighted by molar-refractivity contribution is -0.124. The molecule has 1 aromatic heterocycles. The van der Waals surface area contributed by atoms with Gasteiger partial charge in [0.1, 0.15) is 6.04 Å². The summed E-state index contributed by atoms with van der Waals surface area (Å²) >= 11 is 5.25. The minimum Gasteiger partial charge on any atom is -0.347 e. The van der Waals surface area contributed by atoms with Crippen molar-refractivity contribution in [3.63, 3.8) is 0 Å². The number of carbonyl (C=O) groups excluding carboxylic acids is 1. The molecule has 2 fully saturated rings. The number of aryl methyl sites for hydroxylation is 1. The van der Waals surface area contributed by atoms with E-state index in [1.807, 2.05) is 11.5 Å². The molecule has 0 radical (unpaired) electrons. The molecule has 1 aliphatic carbocycles. The number of carbonyl (C=O) groups is 1. The van der Waals surface area contributed by atoms with Gasteiger partial charge < -0.3 is 5.32 Å². The number of nitrogens with zero attached hydrogens (tertiary/aromatic N) is 3. The van der Waals surface area contributed by atoms with Crippen LogP contribution in [0.25, 0.3) is 0 Å². The van der Waals surface area contributed by atoms with Gasteiger partial charge >= 0.3 is 0 Å². The number of hydrogen-bond donors (Lipinski definition) is 2. The molecule has 8 nitrogen and oxygen atoms in total. The van der Waals surface area contributed by atoms with Gasteiger partial charge in [-0.15, -0.1) is 0 Å². The van der Waals surface area contributed by atoms with Gasteiger partial charge in [-0.25, -0.2) is 8.42 Å². The Bertz CT molecular complexity index is 1040. The Kier molecular flexibility index (Phi) is 5.11. The smallest absolute Gasteiger partial charge is 0.243 e.